The van der Waals surface area contributed by atoms with Gasteiger partial charge in [0, 0.05) is 44.2 Å². The van der Waals surface area contributed by atoms with E-state index in [1.54, 1.807) is 0 Å². The van der Waals surface area contributed by atoms with Crippen LogP contribution >= 0.6 is 0 Å². The van der Waals surface area contributed by atoms with Crippen LogP contribution in [0, 0.1) is 5.92 Å². The van der Waals surface area contributed by atoms with E-state index in [1.807, 2.05) is 64.9 Å². The summed E-state index contributed by atoms with van der Waals surface area (Å²) >= 11 is 0. The van der Waals surface area contributed by atoms with Crippen molar-refractivity contribution < 1.29 is 19.4 Å². The molecule has 8 heteroatoms. The zero-order valence-electron chi connectivity index (χ0n) is 21.2. The van der Waals surface area contributed by atoms with Crippen molar-refractivity contribution in [1.29, 1.82) is 0 Å². The molecule has 3 aromatic rings. The van der Waals surface area contributed by atoms with Gasteiger partial charge in [-0.2, -0.15) is 0 Å². The fourth-order valence-corrected chi connectivity index (χ4v) is 5.73. The number of imidazole rings is 1. The van der Waals surface area contributed by atoms with Gasteiger partial charge in [0.15, 0.2) is 5.76 Å². The molecular formula is C29H35N3O5. The summed E-state index contributed by atoms with van der Waals surface area (Å²) in [7, 11) is 0. The number of fused-ring (bicyclic) bond motifs is 1. The fraction of sp³-hybridized carbons (Fsp3) is 0.448. The van der Waals surface area contributed by atoms with Crippen LogP contribution in [0.1, 0.15) is 50.1 Å². The maximum Gasteiger partial charge on any atom is 0.326 e. The molecule has 0 saturated carbocycles. The molecule has 0 bridgehead atoms. The Labute approximate surface area is 216 Å². The van der Waals surface area contributed by atoms with E-state index in [0.717, 1.165) is 23.0 Å². The number of nitrogens with one attached hydrogen (secondary N) is 1. The number of aromatic nitrogens is 2. The minimum atomic E-state index is -0.562. The topological polar surface area (TPSA) is 96.8 Å². The first kappa shape index (κ1) is 25.3. The highest BCUT2D eigenvalue weighted by molar-refractivity contribution is 5.92. The van der Waals surface area contributed by atoms with Crippen molar-refractivity contribution in [3.63, 3.8) is 0 Å². The van der Waals surface area contributed by atoms with E-state index in [2.05, 4.69) is 17.1 Å². The first-order chi connectivity index (χ1) is 18.1. The number of aliphatic hydroxyl groups excluding tert-OH is 1. The van der Waals surface area contributed by atoms with Gasteiger partial charge in [-0.1, -0.05) is 42.5 Å². The van der Waals surface area contributed by atoms with Crippen LogP contribution in [0.25, 0.3) is 11.0 Å². The molecular weight excluding hydrogens is 470 g/mol. The molecule has 5 rings (SSSR count). The lowest BCUT2D eigenvalue weighted by Gasteiger charge is -2.39. The van der Waals surface area contributed by atoms with Gasteiger partial charge in [-0.3, -0.25) is 9.36 Å². The van der Waals surface area contributed by atoms with E-state index < -0.39 is 6.29 Å². The van der Waals surface area contributed by atoms with Gasteiger partial charge in [0.1, 0.15) is 0 Å². The van der Waals surface area contributed by atoms with Crippen LogP contribution in [0.15, 0.2) is 71.2 Å². The Morgan fingerprint density at radius 2 is 1.84 bits per heavy atom. The van der Waals surface area contributed by atoms with Gasteiger partial charge in [-0.05, 0) is 56.4 Å². The number of aliphatic hydroxyl groups is 1. The number of hydrogen-bond acceptors (Lipinski definition) is 5. The molecule has 1 fully saturated rings. The van der Waals surface area contributed by atoms with Crippen LogP contribution < -0.4 is 5.69 Å². The minimum absolute atomic E-state index is 0.00877. The Kier molecular flexibility index (Phi) is 7.76. The predicted octanol–water partition coefficient (Wildman–Crippen LogP) is 3.94. The molecule has 196 valence electrons. The third kappa shape index (κ3) is 5.22. The van der Waals surface area contributed by atoms with Gasteiger partial charge < -0.3 is 24.5 Å². The van der Waals surface area contributed by atoms with E-state index in [0.29, 0.717) is 44.7 Å². The fourth-order valence-electron chi connectivity index (χ4n) is 5.73. The van der Waals surface area contributed by atoms with Gasteiger partial charge in [-0.15, -0.1) is 0 Å². The minimum Gasteiger partial charge on any atom is -0.459 e. The van der Waals surface area contributed by atoms with Crippen LogP contribution in [0.4, 0.5) is 0 Å². The van der Waals surface area contributed by atoms with Crippen molar-refractivity contribution in [3.8, 4) is 0 Å². The standard InChI is InChI=1S/C29H35N3O5/c1-2-36-28-22(11-8-18-33)23(20-9-4-3-5-10-20)19-26(37-28)27(34)31-16-14-21(15-17-31)32-25-13-7-6-12-24(25)30-29(32)35/h3-7,9-10,12-13,19,21-23,28,33H,2,8,11,14-18H2,1H3,(H,30,35)/t22-,23-,28-/m1/s1. The number of nitrogens with zero attached hydrogens (tertiary/aromatic N) is 2. The molecule has 0 radical (unpaired) electrons. The Morgan fingerprint density at radius 3 is 2.57 bits per heavy atom. The van der Waals surface area contributed by atoms with Crippen molar-refractivity contribution in [1.82, 2.24) is 14.5 Å². The van der Waals surface area contributed by atoms with Crippen LogP contribution in [-0.2, 0) is 14.3 Å². The van der Waals surface area contributed by atoms with Crippen LogP contribution in [0.5, 0.6) is 0 Å². The zero-order chi connectivity index (χ0) is 25.8. The quantitative estimate of drug-likeness (QED) is 0.483. The lowest BCUT2D eigenvalue weighted by Crippen LogP contribution is -2.44. The number of ether oxygens (including phenoxy) is 2. The summed E-state index contributed by atoms with van der Waals surface area (Å²) in [5.41, 5.74) is 2.72. The number of allylic oxidation sites excluding steroid dienone is 1. The van der Waals surface area contributed by atoms with E-state index in [-0.39, 0.29) is 36.1 Å². The number of H-pyrrole nitrogens is 1. The molecule has 2 N–H and O–H groups in total. The summed E-state index contributed by atoms with van der Waals surface area (Å²) in [6.45, 7) is 3.56. The first-order valence-electron chi connectivity index (χ1n) is 13.2. The molecule has 1 aromatic heterocycles. The third-order valence-electron chi connectivity index (χ3n) is 7.55. The molecule has 8 nitrogen and oxygen atoms in total. The molecule has 1 saturated heterocycles. The zero-order valence-corrected chi connectivity index (χ0v) is 21.2. The van der Waals surface area contributed by atoms with E-state index in [1.165, 1.54) is 0 Å². The lowest BCUT2D eigenvalue weighted by molar-refractivity contribution is -0.170. The van der Waals surface area contributed by atoms with E-state index in [4.69, 9.17) is 9.47 Å². The summed E-state index contributed by atoms with van der Waals surface area (Å²) in [5.74, 6) is 0.107. The summed E-state index contributed by atoms with van der Waals surface area (Å²) in [6.07, 6.45) is 4.12. The van der Waals surface area contributed by atoms with Gasteiger partial charge in [-0.25, -0.2) is 4.79 Å². The molecule has 1 amide bonds. The summed E-state index contributed by atoms with van der Waals surface area (Å²) in [4.78, 5) is 31.0. The first-order valence-corrected chi connectivity index (χ1v) is 13.2. The van der Waals surface area contributed by atoms with Crippen molar-refractivity contribution in [2.24, 2.45) is 5.92 Å². The Bertz CT molecular complexity index is 1290. The third-order valence-corrected chi connectivity index (χ3v) is 7.55. The highest BCUT2D eigenvalue weighted by Gasteiger charge is 2.39. The van der Waals surface area contributed by atoms with E-state index >= 15 is 0 Å². The molecule has 3 heterocycles. The molecule has 3 atom stereocenters. The molecule has 2 aliphatic heterocycles. The number of carbonyl (C=O) groups is 1. The van der Waals surface area contributed by atoms with Gasteiger partial charge in [0.05, 0.1) is 11.0 Å². The van der Waals surface area contributed by atoms with Gasteiger partial charge in [0.25, 0.3) is 5.91 Å². The van der Waals surface area contributed by atoms with Crippen LogP contribution in [0.3, 0.4) is 0 Å². The van der Waals surface area contributed by atoms with Crippen LogP contribution in [-0.4, -0.2) is 58.1 Å². The van der Waals surface area contributed by atoms with Crippen molar-refractivity contribution in [3.05, 3.63) is 82.5 Å². The second-order valence-corrected chi connectivity index (χ2v) is 9.78. The molecule has 37 heavy (non-hydrogen) atoms. The number of benzene rings is 2. The number of aromatic amines is 1. The number of amides is 1. The molecule has 2 aliphatic rings. The van der Waals surface area contributed by atoms with Gasteiger partial charge in [0.2, 0.25) is 6.29 Å². The smallest absolute Gasteiger partial charge is 0.326 e. The van der Waals surface area contributed by atoms with Crippen molar-refractivity contribution in [2.45, 2.75) is 50.9 Å². The number of carbonyl (C=O) groups excluding carboxylic acids is 1. The number of likely N-dealkylation sites (tertiary alicyclic amines) is 1. The monoisotopic (exact) mass is 505 g/mol. The molecule has 2 aromatic carbocycles. The Balaban J connectivity index is 1.35. The summed E-state index contributed by atoms with van der Waals surface area (Å²) in [5, 5.41) is 9.46. The molecule has 0 spiro atoms. The van der Waals surface area contributed by atoms with Crippen LogP contribution in [0.2, 0.25) is 0 Å². The number of para-hydroxylation sites is 2. The SMILES string of the molecule is CCO[C@@H]1OC(C(=O)N2CCC(n3c(=O)[nH]c4ccccc43)CC2)=C[C@H](c2ccccc2)[C@H]1CCCO. The van der Waals surface area contributed by atoms with Crippen molar-refractivity contribution >= 4 is 16.9 Å². The van der Waals surface area contributed by atoms with Gasteiger partial charge >= 0.3 is 5.69 Å². The molecule has 0 aliphatic carbocycles. The highest BCUT2D eigenvalue weighted by Crippen LogP contribution is 2.40. The highest BCUT2D eigenvalue weighted by atomic mass is 16.7. The molecule has 0 unspecified atom stereocenters. The average molecular weight is 506 g/mol. The normalized spacial score (nSPS) is 22.6. The largest absolute Gasteiger partial charge is 0.459 e. The average Bonchev–Trinajstić information content (AvgIpc) is 3.28. The number of hydrogen-bond donors (Lipinski definition) is 2. The second-order valence-electron chi connectivity index (χ2n) is 9.78. The Hall–Kier alpha value is -3.36. The van der Waals surface area contributed by atoms with Crippen molar-refractivity contribution in [2.75, 3.05) is 26.3 Å². The summed E-state index contributed by atoms with van der Waals surface area (Å²) in [6, 6.07) is 17.8. The number of rotatable bonds is 8. The Morgan fingerprint density at radius 1 is 1.11 bits per heavy atom. The second kappa shape index (κ2) is 11.4. The maximum absolute atomic E-state index is 13.6. The number of piperidine rings is 1. The van der Waals surface area contributed by atoms with E-state index in [9.17, 15) is 14.7 Å². The summed E-state index contributed by atoms with van der Waals surface area (Å²) < 4.78 is 14.0. The maximum atomic E-state index is 13.6. The lowest BCUT2D eigenvalue weighted by atomic mass is 9.80. The predicted molar refractivity (Wildman–Crippen MR) is 141 cm³/mol.